The molecule has 0 aromatic heterocycles. The first-order valence-corrected chi connectivity index (χ1v) is 4.27. The predicted octanol–water partition coefficient (Wildman–Crippen LogP) is 1.08. The van der Waals surface area contributed by atoms with E-state index in [1.165, 1.54) is 13.2 Å². The first-order chi connectivity index (χ1) is 7.54. The summed E-state index contributed by atoms with van der Waals surface area (Å²) in [7, 11) is 1.18. The minimum atomic E-state index is -1.24. The van der Waals surface area contributed by atoms with Crippen molar-refractivity contribution in [1.82, 2.24) is 0 Å². The third-order valence-electron chi connectivity index (χ3n) is 1.75. The summed E-state index contributed by atoms with van der Waals surface area (Å²) < 4.78 is 22.3. The molecule has 0 aliphatic carbocycles. The van der Waals surface area contributed by atoms with Crippen molar-refractivity contribution in [3.8, 4) is 5.75 Å². The molecule has 0 radical (unpaired) electrons. The number of carbonyl (C=O) groups excluding carboxylic acids is 1. The molecule has 1 rings (SSSR count). The van der Waals surface area contributed by atoms with Gasteiger partial charge in [0.15, 0.2) is 18.2 Å². The van der Waals surface area contributed by atoms with Gasteiger partial charge in [-0.3, -0.25) is 0 Å². The van der Waals surface area contributed by atoms with Gasteiger partial charge in [-0.15, -0.1) is 0 Å². The molecule has 0 aliphatic rings. The summed E-state index contributed by atoms with van der Waals surface area (Å²) in [6.07, 6.45) is 0. The van der Waals surface area contributed by atoms with Crippen LogP contribution in [0.5, 0.6) is 5.75 Å². The van der Waals surface area contributed by atoms with E-state index < -0.39 is 24.4 Å². The highest BCUT2D eigenvalue weighted by molar-refractivity contribution is 5.87. The summed E-state index contributed by atoms with van der Waals surface area (Å²) in [6.45, 7) is -0.431. The lowest BCUT2D eigenvalue weighted by Gasteiger charge is -2.06. The van der Waals surface area contributed by atoms with Crippen molar-refractivity contribution in [2.24, 2.45) is 0 Å². The Bertz CT molecular complexity index is 416. The van der Waals surface area contributed by atoms with E-state index in [2.05, 4.69) is 4.74 Å². The van der Waals surface area contributed by atoms with E-state index in [-0.39, 0.29) is 11.3 Å². The van der Waals surface area contributed by atoms with E-state index in [4.69, 9.17) is 9.84 Å². The number of hydrogen-bond acceptors (Lipinski definition) is 4. The fourth-order valence-electron chi connectivity index (χ4n) is 0.947. The molecule has 1 N–H and O–H groups in total. The number of halogens is 1. The molecule has 0 spiro atoms. The van der Waals surface area contributed by atoms with Gasteiger partial charge < -0.3 is 14.6 Å². The summed E-state index contributed by atoms with van der Waals surface area (Å²) in [5.41, 5.74) is -0.192. The van der Waals surface area contributed by atoms with Gasteiger partial charge in [0.2, 0.25) is 0 Å². The van der Waals surface area contributed by atoms with Crippen molar-refractivity contribution in [2.75, 3.05) is 13.7 Å². The zero-order valence-electron chi connectivity index (χ0n) is 8.40. The molecule has 0 unspecified atom stereocenters. The Balaban J connectivity index is 2.75. The summed E-state index contributed by atoms with van der Waals surface area (Å²) in [5.74, 6) is -2.93. The third kappa shape index (κ3) is 2.94. The van der Waals surface area contributed by atoms with Crippen molar-refractivity contribution in [3.05, 3.63) is 29.6 Å². The summed E-state index contributed by atoms with van der Waals surface area (Å²) in [4.78, 5) is 21.2. The van der Waals surface area contributed by atoms with Gasteiger partial charge in [-0.1, -0.05) is 0 Å². The first kappa shape index (κ1) is 12.0. The van der Waals surface area contributed by atoms with Crippen LogP contribution in [-0.2, 0) is 9.53 Å². The van der Waals surface area contributed by atoms with E-state index in [9.17, 15) is 14.0 Å². The van der Waals surface area contributed by atoms with Crippen LogP contribution < -0.4 is 4.74 Å². The average Bonchev–Trinajstić information content (AvgIpc) is 2.26. The van der Waals surface area contributed by atoms with E-state index in [1.807, 2.05) is 0 Å². The number of esters is 1. The topological polar surface area (TPSA) is 72.8 Å². The number of hydrogen-bond donors (Lipinski definition) is 1. The summed E-state index contributed by atoms with van der Waals surface area (Å²) >= 11 is 0. The van der Waals surface area contributed by atoms with Crippen LogP contribution in [-0.4, -0.2) is 30.8 Å². The monoisotopic (exact) mass is 228 g/mol. The van der Waals surface area contributed by atoms with Crippen LogP contribution in [0.4, 0.5) is 4.39 Å². The van der Waals surface area contributed by atoms with Crippen molar-refractivity contribution < 1.29 is 28.6 Å². The van der Waals surface area contributed by atoms with Gasteiger partial charge >= 0.3 is 11.9 Å². The minimum Gasteiger partial charge on any atom is -0.479 e. The van der Waals surface area contributed by atoms with Gasteiger partial charge in [0.05, 0.1) is 12.7 Å². The molecule has 0 saturated carbocycles. The molecule has 0 bridgehead atoms. The summed E-state index contributed by atoms with van der Waals surface area (Å²) in [6, 6.07) is 3.13. The largest absolute Gasteiger partial charge is 0.479 e. The Morgan fingerprint density at radius 3 is 2.62 bits per heavy atom. The first-order valence-electron chi connectivity index (χ1n) is 4.27. The molecule has 86 valence electrons. The van der Waals surface area contributed by atoms with E-state index >= 15 is 0 Å². The molecule has 16 heavy (non-hydrogen) atoms. The Morgan fingerprint density at radius 1 is 1.44 bits per heavy atom. The summed E-state index contributed by atoms with van der Waals surface area (Å²) in [5, 5.41) is 8.57. The molecular weight excluding hydrogens is 219 g/mol. The molecule has 6 heteroatoms. The number of carboxylic acid groups (broad SMARTS) is 1. The molecule has 1 aromatic carbocycles. The van der Waals surface area contributed by atoms with Crippen LogP contribution in [0.3, 0.4) is 0 Å². The van der Waals surface area contributed by atoms with E-state index in [1.54, 1.807) is 0 Å². The Hall–Kier alpha value is -2.11. The normalized spacial score (nSPS) is 9.62. The van der Waals surface area contributed by atoms with Gasteiger partial charge in [-0.05, 0) is 18.2 Å². The second-order valence-corrected chi connectivity index (χ2v) is 2.82. The lowest BCUT2D eigenvalue weighted by atomic mass is 10.2. The van der Waals surface area contributed by atoms with E-state index in [0.717, 1.165) is 12.1 Å². The number of rotatable bonds is 4. The maximum absolute atomic E-state index is 13.2. The molecule has 5 nitrogen and oxygen atoms in total. The van der Waals surface area contributed by atoms with Crippen molar-refractivity contribution in [1.29, 1.82) is 0 Å². The zero-order valence-corrected chi connectivity index (χ0v) is 8.40. The predicted molar refractivity (Wildman–Crippen MR) is 50.9 cm³/mol. The minimum absolute atomic E-state index is 0.192. The van der Waals surface area contributed by atoms with Crippen LogP contribution >= 0.6 is 0 Å². The van der Waals surface area contributed by atoms with Gasteiger partial charge in [0.1, 0.15) is 0 Å². The smallest absolute Gasteiger partial charge is 0.343 e. The molecule has 0 amide bonds. The third-order valence-corrected chi connectivity index (χ3v) is 1.75. The molecular formula is C10H9FO5. The Kier molecular flexibility index (Phi) is 3.82. The van der Waals surface area contributed by atoms with Crippen LogP contribution in [0.1, 0.15) is 10.4 Å². The second kappa shape index (κ2) is 5.11. The van der Waals surface area contributed by atoms with Gasteiger partial charge in [0.25, 0.3) is 0 Å². The molecule has 0 fully saturated rings. The fraction of sp³-hybridized carbons (Fsp3) is 0.200. The number of aromatic carboxylic acids is 1. The highest BCUT2D eigenvalue weighted by atomic mass is 19.1. The lowest BCUT2D eigenvalue weighted by Crippen LogP contribution is -2.13. The van der Waals surface area contributed by atoms with Gasteiger partial charge in [-0.2, -0.15) is 0 Å². The maximum Gasteiger partial charge on any atom is 0.343 e. The van der Waals surface area contributed by atoms with Gasteiger partial charge in [0, 0.05) is 0 Å². The SMILES string of the molecule is COC(=O)COc1ccc(C(=O)O)cc1F. The van der Waals surface area contributed by atoms with Crippen molar-refractivity contribution in [3.63, 3.8) is 0 Å². The average molecular weight is 228 g/mol. The Morgan fingerprint density at radius 2 is 2.12 bits per heavy atom. The second-order valence-electron chi connectivity index (χ2n) is 2.82. The maximum atomic E-state index is 13.2. The number of methoxy groups -OCH3 is 1. The quantitative estimate of drug-likeness (QED) is 0.780. The van der Waals surface area contributed by atoms with Crippen LogP contribution in [0.2, 0.25) is 0 Å². The zero-order chi connectivity index (χ0) is 12.1. The number of carboxylic acids is 1. The molecule has 0 saturated heterocycles. The highest BCUT2D eigenvalue weighted by Crippen LogP contribution is 2.18. The molecule has 1 aromatic rings. The van der Waals surface area contributed by atoms with Crippen molar-refractivity contribution in [2.45, 2.75) is 0 Å². The molecule has 0 atom stereocenters. The fourth-order valence-corrected chi connectivity index (χ4v) is 0.947. The number of ether oxygens (including phenoxy) is 2. The van der Waals surface area contributed by atoms with Crippen molar-refractivity contribution >= 4 is 11.9 Å². The van der Waals surface area contributed by atoms with Gasteiger partial charge in [-0.25, -0.2) is 14.0 Å². The Labute approximate surface area is 90.4 Å². The van der Waals surface area contributed by atoms with E-state index in [0.29, 0.717) is 0 Å². The lowest BCUT2D eigenvalue weighted by molar-refractivity contribution is -0.142. The van der Waals surface area contributed by atoms with Crippen LogP contribution in [0.25, 0.3) is 0 Å². The molecule has 0 heterocycles. The molecule has 0 aliphatic heterocycles. The standard InChI is InChI=1S/C10H9FO5/c1-15-9(12)5-16-8-3-2-6(10(13)14)4-7(8)11/h2-4H,5H2,1H3,(H,13,14). The highest BCUT2D eigenvalue weighted by Gasteiger charge is 2.10. The van der Waals surface area contributed by atoms with Crippen LogP contribution in [0, 0.1) is 5.82 Å². The number of benzene rings is 1. The van der Waals surface area contributed by atoms with Crippen LogP contribution in [0.15, 0.2) is 18.2 Å². The number of carbonyl (C=O) groups is 2.